The van der Waals surface area contributed by atoms with E-state index in [4.69, 9.17) is 9.47 Å². The van der Waals surface area contributed by atoms with Gasteiger partial charge in [0.05, 0.1) is 7.11 Å². The molecule has 1 aliphatic carbocycles. The normalized spacial score (nSPS) is 26.3. The van der Waals surface area contributed by atoms with Gasteiger partial charge in [-0.05, 0) is 42.9 Å². The van der Waals surface area contributed by atoms with Crippen LogP contribution in [0.2, 0.25) is 0 Å². The Morgan fingerprint density at radius 3 is 3.04 bits per heavy atom. The molecule has 5 heteroatoms. The number of nitrogens with zero attached hydrogens (tertiary/aromatic N) is 2. The van der Waals surface area contributed by atoms with Crippen molar-refractivity contribution in [2.45, 2.75) is 43.9 Å². The zero-order valence-electron chi connectivity index (χ0n) is 14.4. The Morgan fingerprint density at radius 2 is 2.25 bits per heavy atom. The predicted molar refractivity (Wildman–Crippen MR) is 92.2 cm³/mol. The number of rotatable bonds is 4. The van der Waals surface area contributed by atoms with Gasteiger partial charge in [0, 0.05) is 38.1 Å². The number of aryl methyl sites for hydroxylation is 1. The molecule has 0 bridgehead atoms. The number of imidazole rings is 1. The third kappa shape index (κ3) is 2.82. The van der Waals surface area contributed by atoms with Gasteiger partial charge in [-0.25, -0.2) is 4.98 Å². The van der Waals surface area contributed by atoms with Crippen LogP contribution in [0, 0.1) is 0 Å². The Labute approximate surface area is 143 Å². The summed E-state index contributed by atoms with van der Waals surface area (Å²) in [6.45, 7) is 0.798. The topological polar surface area (TPSA) is 48.3 Å². The fraction of sp³-hybridized carbons (Fsp3) is 0.526. The van der Waals surface area contributed by atoms with Crippen LogP contribution in [-0.4, -0.2) is 35.4 Å². The fourth-order valence-electron chi connectivity index (χ4n) is 4.07. The molecule has 1 fully saturated rings. The molecule has 0 saturated carbocycles. The lowest BCUT2D eigenvalue weighted by Gasteiger charge is -2.30. The summed E-state index contributed by atoms with van der Waals surface area (Å²) in [5.74, 6) is 2.05. The van der Waals surface area contributed by atoms with Crippen LogP contribution in [0.4, 0.5) is 0 Å². The van der Waals surface area contributed by atoms with Crippen LogP contribution < -0.4 is 10.1 Å². The molecule has 24 heavy (non-hydrogen) atoms. The van der Waals surface area contributed by atoms with Crippen LogP contribution in [0.3, 0.4) is 0 Å². The van der Waals surface area contributed by atoms with E-state index in [-0.39, 0.29) is 6.10 Å². The lowest BCUT2D eigenvalue weighted by atomic mass is 9.87. The molecule has 0 radical (unpaired) electrons. The van der Waals surface area contributed by atoms with Gasteiger partial charge in [0.2, 0.25) is 0 Å². The van der Waals surface area contributed by atoms with Gasteiger partial charge in [-0.2, -0.15) is 0 Å². The third-order valence-electron chi connectivity index (χ3n) is 5.31. The van der Waals surface area contributed by atoms with Crippen LogP contribution in [0.5, 0.6) is 5.75 Å². The first kappa shape index (κ1) is 15.7. The van der Waals surface area contributed by atoms with E-state index < -0.39 is 0 Å². The summed E-state index contributed by atoms with van der Waals surface area (Å²) in [6, 6.07) is 7.21. The summed E-state index contributed by atoms with van der Waals surface area (Å²) in [7, 11) is 3.79. The Morgan fingerprint density at radius 1 is 1.33 bits per heavy atom. The van der Waals surface area contributed by atoms with Crippen LogP contribution in [-0.2, 0) is 24.6 Å². The van der Waals surface area contributed by atoms with Crippen molar-refractivity contribution >= 4 is 0 Å². The van der Waals surface area contributed by atoms with Gasteiger partial charge >= 0.3 is 0 Å². The zero-order chi connectivity index (χ0) is 16.5. The van der Waals surface area contributed by atoms with E-state index in [1.807, 2.05) is 19.4 Å². The Bertz CT molecular complexity index is 712. The molecule has 1 aromatic heterocycles. The van der Waals surface area contributed by atoms with Gasteiger partial charge in [0.1, 0.15) is 17.7 Å². The smallest absolute Gasteiger partial charge is 0.139 e. The predicted octanol–water partition coefficient (Wildman–Crippen LogP) is 2.41. The summed E-state index contributed by atoms with van der Waals surface area (Å²) in [5, 5.41) is 3.84. The van der Waals surface area contributed by atoms with E-state index in [9.17, 15) is 0 Å². The van der Waals surface area contributed by atoms with Gasteiger partial charge in [-0.15, -0.1) is 0 Å². The van der Waals surface area contributed by atoms with E-state index in [2.05, 4.69) is 33.1 Å². The van der Waals surface area contributed by atoms with E-state index in [0.717, 1.165) is 43.9 Å². The minimum absolute atomic E-state index is 0.0525. The second-order valence-electron chi connectivity index (χ2n) is 6.79. The van der Waals surface area contributed by atoms with E-state index in [1.54, 1.807) is 7.11 Å². The largest absolute Gasteiger partial charge is 0.496 e. The molecule has 2 heterocycles. The molecule has 4 rings (SSSR count). The van der Waals surface area contributed by atoms with Crippen molar-refractivity contribution in [3.8, 4) is 5.75 Å². The first-order valence-electron chi connectivity index (χ1n) is 8.76. The summed E-state index contributed by atoms with van der Waals surface area (Å²) >= 11 is 0. The van der Waals surface area contributed by atoms with Crippen molar-refractivity contribution < 1.29 is 9.47 Å². The number of hydrogen-bond donors (Lipinski definition) is 1. The maximum Gasteiger partial charge on any atom is 0.139 e. The number of nitrogens with one attached hydrogen (secondary N) is 1. The molecule has 5 nitrogen and oxygen atoms in total. The molecule has 128 valence electrons. The molecule has 1 saturated heterocycles. The Balaban J connectivity index is 1.47. The zero-order valence-corrected chi connectivity index (χ0v) is 14.4. The number of benzene rings is 1. The Hall–Kier alpha value is -1.85. The van der Waals surface area contributed by atoms with Crippen LogP contribution in [0.25, 0.3) is 0 Å². The third-order valence-corrected chi connectivity index (χ3v) is 5.31. The number of ether oxygens (including phenoxy) is 2. The molecule has 1 N–H and O–H groups in total. The first-order chi connectivity index (χ1) is 11.8. The molecule has 0 spiro atoms. The summed E-state index contributed by atoms with van der Waals surface area (Å²) in [5.41, 5.74) is 2.78. The SMILES string of the molecule is COc1cccc2c1CCC(N[C@H]1CCO[C@@H]1c1nccn1C)C2. The summed E-state index contributed by atoms with van der Waals surface area (Å²) < 4.78 is 13.5. The standard InChI is InChI=1S/C19H25N3O2/c1-22-10-9-20-19(22)18-16(8-11-24-18)21-14-6-7-15-13(12-14)4-3-5-17(15)23-2/h3-5,9-10,14,16,18,21H,6-8,11-12H2,1-2H3/t14?,16-,18-/m0/s1. The highest BCUT2D eigenvalue weighted by atomic mass is 16.5. The average molecular weight is 327 g/mol. The number of hydrogen-bond acceptors (Lipinski definition) is 4. The average Bonchev–Trinajstić information content (AvgIpc) is 3.22. The van der Waals surface area contributed by atoms with E-state index in [0.29, 0.717) is 12.1 Å². The first-order valence-corrected chi connectivity index (χ1v) is 8.76. The Kier molecular flexibility index (Phi) is 4.29. The summed E-state index contributed by atoms with van der Waals surface area (Å²) in [4.78, 5) is 4.48. The van der Waals surface area contributed by atoms with Gasteiger partial charge in [0.25, 0.3) is 0 Å². The quantitative estimate of drug-likeness (QED) is 0.937. The van der Waals surface area contributed by atoms with Crippen molar-refractivity contribution in [1.82, 2.24) is 14.9 Å². The van der Waals surface area contributed by atoms with E-state index >= 15 is 0 Å². The minimum atomic E-state index is 0.0525. The summed E-state index contributed by atoms with van der Waals surface area (Å²) in [6.07, 6.45) is 8.18. The lowest BCUT2D eigenvalue weighted by Crippen LogP contribution is -2.43. The monoisotopic (exact) mass is 327 g/mol. The number of methoxy groups -OCH3 is 1. The molecule has 2 aromatic rings. The van der Waals surface area contributed by atoms with Gasteiger partial charge in [-0.3, -0.25) is 0 Å². The van der Waals surface area contributed by atoms with Crippen molar-refractivity contribution in [3.05, 3.63) is 47.5 Å². The second-order valence-corrected chi connectivity index (χ2v) is 6.79. The highest BCUT2D eigenvalue weighted by Gasteiger charge is 2.34. The molecular formula is C19H25N3O2. The van der Waals surface area contributed by atoms with Gasteiger partial charge < -0.3 is 19.4 Å². The number of fused-ring (bicyclic) bond motifs is 1. The molecule has 1 aromatic carbocycles. The van der Waals surface area contributed by atoms with Crippen molar-refractivity contribution in [2.75, 3.05) is 13.7 Å². The maximum absolute atomic E-state index is 5.97. The second kappa shape index (κ2) is 6.57. The number of aromatic nitrogens is 2. The van der Waals surface area contributed by atoms with Crippen LogP contribution in [0.1, 0.15) is 35.9 Å². The van der Waals surface area contributed by atoms with Crippen molar-refractivity contribution in [3.63, 3.8) is 0 Å². The molecule has 2 aliphatic rings. The van der Waals surface area contributed by atoms with Crippen LogP contribution in [0.15, 0.2) is 30.6 Å². The van der Waals surface area contributed by atoms with Gasteiger partial charge in [0.15, 0.2) is 0 Å². The highest BCUT2D eigenvalue weighted by Crippen LogP contribution is 2.32. The van der Waals surface area contributed by atoms with Crippen molar-refractivity contribution in [1.29, 1.82) is 0 Å². The van der Waals surface area contributed by atoms with Gasteiger partial charge in [-0.1, -0.05) is 12.1 Å². The minimum Gasteiger partial charge on any atom is -0.496 e. The highest BCUT2D eigenvalue weighted by molar-refractivity contribution is 5.42. The van der Waals surface area contributed by atoms with E-state index in [1.165, 1.54) is 11.1 Å². The molecule has 0 amide bonds. The van der Waals surface area contributed by atoms with Crippen LogP contribution >= 0.6 is 0 Å². The molecule has 1 unspecified atom stereocenters. The lowest BCUT2D eigenvalue weighted by molar-refractivity contribution is 0.0867. The molecular weight excluding hydrogens is 302 g/mol. The van der Waals surface area contributed by atoms with Crippen molar-refractivity contribution in [2.24, 2.45) is 7.05 Å². The maximum atomic E-state index is 5.97. The molecule has 1 aliphatic heterocycles. The molecule has 3 atom stereocenters. The fourth-order valence-corrected chi connectivity index (χ4v) is 4.07.